The number of aryl methyl sites for hydroxylation is 2. The first-order valence-corrected chi connectivity index (χ1v) is 5.40. The number of benzene rings is 1. The smallest absolute Gasteiger partial charge is 0.206 e. The van der Waals surface area contributed by atoms with E-state index in [0.29, 0.717) is 5.95 Å². The molecule has 2 aromatic heterocycles. The molecular weight excluding hydrogens is 214 g/mol. The highest BCUT2D eigenvalue weighted by atomic mass is 15.3. The number of anilines is 1. The maximum atomic E-state index is 5.98. The average Bonchev–Trinajstić information content (AvgIpc) is 2.77. The zero-order valence-corrected chi connectivity index (χ0v) is 9.75. The molecule has 0 aliphatic heterocycles. The van der Waals surface area contributed by atoms with E-state index in [4.69, 9.17) is 5.73 Å². The third kappa shape index (κ3) is 1.39. The van der Waals surface area contributed by atoms with Gasteiger partial charge in [-0.05, 0) is 19.1 Å². The van der Waals surface area contributed by atoms with Crippen molar-refractivity contribution >= 4 is 17.0 Å². The maximum absolute atomic E-state index is 5.98. The standard InChI is InChI=1S/C12H13N5/c1-8-11(7-16(2)15-8)17-10-6-4-3-5-9(10)14-12(17)13/h3-7H,1-2H3,(H2,13,14). The minimum Gasteiger partial charge on any atom is -0.369 e. The minimum absolute atomic E-state index is 0.488. The summed E-state index contributed by atoms with van der Waals surface area (Å²) >= 11 is 0. The van der Waals surface area contributed by atoms with E-state index in [2.05, 4.69) is 10.1 Å². The van der Waals surface area contributed by atoms with Crippen molar-refractivity contribution in [3.63, 3.8) is 0 Å². The molecule has 17 heavy (non-hydrogen) atoms. The molecule has 3 rings (SSSR count). The molecule has 1 aromatic carbocycles. The number of para-hydroxylation sites is 2. The molecule has 0 bridgehead atoms. The molecule has 0 radical (unpaired) electrons. The summed E-state index contributed by atoms with van der Waals surface area (Å²) in [5, 5.41) is 4.33. The van der Waals surface area contributed by atoms with Crippen LogP contribution in [0.4, 0.5) is 5.95 Å². The second-order valence-electron chi connectivity index (χ2n) is 4.07. The van der Waals surface area contributed by atoms with Gasteiger partial charge in [-0.1, -0.05) is 12.1 Å². The number of hydrogen-bond donors (Lipinski definition) is 1. The van der Waals surface area contributed by atoms with Crippen LogP contribution in [0.25, 0.3) is 16.7 Å². The first kappa shape index (κ1) is 9.89. The molecule has 0 unspecified atom stereocenters. The molecule has 0 fully saturated rings. The van der Waals surface area contributed by atoms with Gasteiger partial charge in [0.05, 0.1) is 22.4 Å². The van der Waals surface area contributed by atoms with Crippen LogP contribution in [0.3, 0.4) is 0 Å². The molecule has 0 amide bonds. The third-order valence-electron chi connectivity index (χ3n) is 2.82. The second-order valence-corrected chi connectivity index (χ2v) is 4.07. The van der Waals surface area contributed by atoms with Crippen LogP contribution in [-0.2, 0) is 7.05 Å². The molecule has 5 nitrogen and oxygen atoms in total. The monoisotopic (exact) mass is 227 g/mol. The van der Waals surface area contributed by atoms with E-state index in [1.54, 1.807) is 4.68 Å². The van der Waals surface area contributed by atoms with Crippen molar-refractivity contribution in [1.29, 1.82) is 0 Å². The molecule has 0 saturated carbocycles. The average molecular weight is 227 g/mol. The van der Waals surface area contributed by atoms with Crippen molar-refractivity contribution in [2.24, 2.45) is 7.05 Å². The number of nitrogen functional groups attached to an aromatic ring is 1. The molecule has 0 spiro atoms. The summed E-state index contributed by atoms with van der Waals surface area (Å²) in [5.74, 6) is 0.488. The van der Waals surface area contributed by atoms with Crippen LogP contribution in [-0.4, -0.2) is 19.3 Å². The van der Waals surface area contributed by atoms with E-state index in [9.17, 15) is 0 Å². The fourth-order valence-corrected chi connectivity index (χ4v) is 2.10. The minimum atomic E-state index is 0.488. The van der Waals surface area contributed by atoms with Gasteiger partial charge in [-0.15, -0.1) is 0 Å². The fraction of sp³-hybridized carbons (Fsp3) is 0.167. The quantitative estimate of drug-likeness (QED) is 0.687. The number of hydrogen-bond acceptors (Lipinski definition) is 3. The first-order chi connectivity index (χ1) is 8.16. The lowest BCUT2D eigenvalue weighted by molar-refractivity contribution is 0.756. The summed E-state index contributed by atoms with van der Waals surface area (Å²) < 4.78 is 3.70. The Morgan fingerprint density at radius 2 is 2.00 bits per heavy atom. The summed E-state index contributed by atoms with van der Waals surface area (Å²) in [7, 11) is 1.89. The van der Waals surface area contributed by atoms with Gasteiger partial charge < -0.3 is 5.73 Å². The summed E-state index contributed by atoms with van der Waals surface area (Å²) in [4.78, 5) is 4.34. The van der Waals surface area contributed by atoms with Crippen molar-refractivity contribution in [2.75, 3.05) is 5.73 Å². The summed E-state index contributed by atoms with van der Waals surface area (Å²) in [6.07, 6.45) is 1.94. The SMILES string of the molecule is Cc1nn(C)cc1-n1c(N)nc2ccccc21. The van der Waals surface area contributed by atoms with Gasteiger partial charge in [0.15, 0.2) is 0 Å². The number of nitrogens with two attached hydrogens (primary N) is 1. The largest absolute Gasteiger partial charge is 0.369 e. The Morgan fingerprint density at radius 1 is 1.24 bits per heavy atom. The zero-order valence-electron chi connectivity index (χ0n) is 9.75. The van der Waals surface area contributed by atoms with E-state index in [-0.39, 0.29) is 0 Å². The summed E-state index contributed by atoms with van der Waals surface area (Å²) in [5.41, 5.74) is 9.78. The topological polar surface area (TPSA) is 61.7 Å². The zero-order chi connectivity index (χ0) is 12.0. The number of imidazole rings is 1. The van der Waals surface area contributed by atoms with Crippen LogP contribution in [0.15, 0.2) is 30.5 Å². The maximum Gasteiger partial charge on any atom is 0.206 e. The van der Waals surface area contributed by atoms with Crippen LogP contribution >= 0.6 is 0 Å². The van der Waals surface area contributed by atoms with Crippen LogP contribution in [0.1, 0.15) is 5.69 Å². The Hall–Kier alpha value is -2.30. The predicted molar refractivity (Wildman–Crippen MR) is 67.0 cm³/mol. The molecule has 0 atom stereocenters. The Kier molecular flexibility index (Phi) is 1.95. The lowest BCUT2D eigenvalue weighted by Crippen LogP contribution is -2.00. The molecule has 0 saturated heterocycles. The Labute approximate surface area is 98.5 Å². The van der Waals surface area contributed by atoms with Crippen LogP contribution in [0, 0.1) is 6.92 Å². The predicted octanol–water partition coefficient (Wildman–Crippen LogP) is 1.65. The molecule has 3 aromatic rings. The Balaban J connectivity index is 2.37. The number of aromatic nitrogens is 4. The summed E-state index contributed by atoms with van der Waals surface area (Å²) in [6.45, 7) is 1.96. The summed E-state index contributed by atoms with van der Waals surface area (Å²) in [6, 6.07) is 7.89. The lowest BCUT2D eigenvalue weighted by atomic mass is 10.3. The highest BCUT2D eigenvalue weighted by molar-refractivity contribution is 5.80. The third-order valence-corrected chi connectivity index (χ3v) is 2.82. The van der Waals surface area contributed by atoms with Gasteiger partial charge in [0.1, 0.15) is 0 Å². The molecule has 86 valence electrons. The van der Waals surface area contributed by atoms with E-state index >= 15 is 0 Å². The molecule has 2 heterocycles. The van der Waals surface area contributed by atoms with Crippen LogP contribution < -0.4 is 5.73 Å². The van der Waals surface area contributed by atoms with Gasteiger partial charge in [-0.2, -0.15) is 5.10 Å². The van der Waals surface area contributed by atoms with Crippen molar-refractivity contribution < 1.29 is 0 Å². The lowest BCUT2D eigenvalue weighted by Gasteiger charge is -2.03. The fourth-order valence-electron chi connectivity index (χ4n) is 2.10. The Morgan fingerprint density at radius 3 is 2.71 bits per heavy atom. The molecule has 5 heteroatoms. The van der Waals surface area contributed by atoms with E-state index in [1.807, 2.05) is 49.0 Å². The molecule has 0 aliphatic rings. The van der Waals surface area contributed by atoms with Crippen LogP contribution in [0.5, 0.6) is 0 Å². The number of rotatable bonds is 1. The molecule has 2 N–H and O–H groups in total. The normalized spacial score (nSPS) is 11.2. The van der Waals surface area contributed by atoms with Crippen molar-refractivity contribution in [3.8, 4) is 5.69 Å². The van der Waals surface area contributed by atoms with Gasteiger partial charge in [0.2, 0.25) is 5.95 Å². The highest BCUT2D eigenvalue weighted by Crippen LogP contribution is 2.24. The van der Waals surface area contributed by atoms with E-state index in [1.165, 1.54) is 0 Å². The first-order valence-electron chi connectivity index (χ1n) is 5.40. The number of nitrogens with zero attached hydrogens (tertiary/aromatic N) is 4. The van der Waals surface area contributed by atoms with Crippen molar-refractivity contribution in [3.05, 3.63) is 36.2 Å². The van der Waals surface area contributed by atoms with Gasteiger partial charge in [-0.3, -0.25) is 9.25 Å². The van der Waals surface area contributed by atoms with Crippen molar-refractivity contribution in [1.82, 2.24) is 19.3 Å². The van der Waals surface area contributed by atoms with E-state index < -0.39 is 0 Å². The van der Waals surface area contributed by atoms with E-state index in [0.717, 1.165) is 22.4 Å². The van der Waals surface area contributed by atoms with Gasteiger partial charge in [-0.25, -0.2) is 4.98 Å². The van der Waals surface area contributed by atoms with Gasteiger partial charge in [0.25, 0.3) is 0 Å². The van der Waals surface area contributed by atoms with Crippen molar-refractivity contribution in [2.45, 2.75) is 6.92 Å². The molecular formula is C12H13N5. The second kappa shape index (κ2) is 3.35. The van der Waals surface area contributed by atoms with Gasteiger partial charge >= 0.3 is 0 Å². The Bertz CT molecular complexity index is 692. The highest BCUT2D eigenvalue weighted by Gasteiger charge is 2.13. The van der Waals surface area contributed by atoms with Gasteiger partial charge in [0, 0.05) is 13.2 Å². The molecule has 0 aliphatic carbocycles. The van der Waals surface area contributed by atoms with Crippen LogP contribution in [0.2, 0.25) is 0 Å². The number of fused-ring (bicyclic) bond motifs is 1.